The maximum atomic E-state index is 6.59. The van der Waals surface area contributed by atoms with E-state index in [1.54, 1.807) is 0 Å². The lowest BCUT2D eigenvalue weighted by Gasteiger charge is -2.09. The molecule has 0 aliphatic heterocycles. The molecule has 0 saturated heterocycles. The average molecular weight is 362 g/mol. The Morgan fingerprint density at radius 1 is 0.536 bits per heavy atom. The van der Waals surface area contributed by atoms with E-state index in [0.717, 1.165) is 43.9 Å². The third-order valence-corrected chi connectivity index (χ3v) is 5.77. The number of fused-ring (bicyclic) bond motifs is 7. The Morgan fingerprint density at radius 2 is 1.29 bits per heavy atom. The van der Waals surface area contributed by atoms with Gasteiger partial charge in [0.1, 0.15) is 22.3 Å². The van der Waals surface area contributed by atoms with E-state index >= 15 is 0 Å². The molecule has 0 aliphatic carbocycles. The van der Waals surface area contributed by atoms with Crippen molar-refractivity contribution in [3.63, 3.8) is 0 Å². The summed E-state index contributed by atoms with van der Waals surface area (Å²) in [6.07, 6.45) is 0. The van der Waals surface area contributed by atoms with Crippen LogP contribution in [0.2, 0.25) is 0 Å². The molecule has 0 bridgehead atoms. The highest BCUT2D eigenvalue weighted by Crippen LogP contribution is 2.43. The van der Waals surface area contributed by atoms with Gasteiger partial charge in [0.15, 0.2) is 0 Å². The molecule has 0 saturated carbocycles. The first kappa shape index (κ1) is 15.5. The van der Waals surface area contributed by atoms with Crippen LogP contribution in [0.15, 0.2) is 81.6 Å². The van der Waals surface area contributed by atoms with Crippen LogP contribution in [0.25, 0.3) is 55.0 Å². The van der Waals surface area contributed by atoms with Gasteiger partial charge >= 0.3 is 0 Å². The summed E-state index contributed by atoms with van der Waals surface area (Å²) in [5, 5.41) is 4.42. The second-order valence-electron chi connectivity index (χ2n) is 7.46. The van der Waals surface area contributed by atoms with Gasteiger partial charge in [-0.25, -0.2) is 0 Å². The van der Waals surface area contributed by atoms with Crippen molar-refractivity contribution < 1.29 is 8.83 Å². The second-order valence-corrected chi connectivity index (χ2v) is 7.46. The summed E-state index contributed by atoms with van der Waals surface area (Å²) < 4.78 is 12.6. The third-order valence-electron chi connectivity index (χ3n) is 5.77. The van der Waals surface area contributed by atoms with Crippen LogP contribution in [0.5, 0.6) is 0 Å². The van der Waals surface area contributed by atoms with E-state index in [1.807, 2.05) is 18.2 Å². The summed E-state index contributed by atoms with van der Waals surface area (Å²) >= 11 is 0. The first-order valence-corrected chi connectivity index (χ1v) is 9.54. The van der Waals surface area contributed by atoms with Gasteiger partial charge < -0.3 is 8.83 Å². The minimum absolute atomic E-state index is 0.863. The molecule has 0 atom stereocenters. The highest BCUT2D eigenvalue weighted by atomic mass is 16.3. The fraction of sp³-hybridized carbons (Fsp3) is 0.0769. The van der Waals surface area contributed by atoms with E-state index in [0.29, 0.717) is 0 Å². The van der Waals surface area contributed by atoms with E-state index in [2.05, 4.69) is 68.4 Å². The molecule has 6 aromatic rings. The van der Waals surface area contributed by atoms with Crippen molar-refractivity contribution in [2.24, 2.45) is 0 Å². The summed E-state index contributed by atoms with van der Waals surface area (Å²) in [6, 6.07) is 25.2. The standard InChI is InChI=1S/C26H18O2/c1-15-7-3-4-8-17(15)23-16(2)11-12-18-19-13-14-22-24(26(19)28-25(18)23)20-9-5-6-10-21(20)27-22/h3-14H,1-2H3. The SMILES string of the molecule is Cc1ccccc1-c1c(C)ccc2c1oc1c2ccc2oc3ccccc3c21. The minimum atomic E-state index is 0.863. The van der Waals surface area contributed by atoms with Crippen LogP contribution < -0.4 is 0 Å². The van der Waals surface area contributed by atoms with Crippen molar-refractivity contribution in [2.45, 2.75) is 13.8 Å². The van der Waals surface area contributed by atoms with Crippen LogP contribution in [0.4, 0.5) is 0 Å². The van der Waals surface area contributed by atoms with E-state index in [1.165, 1.54) is 22.3 Å². The molecule has 0 spiro atoms. The highest BCUT2D eigenvalue weighted by molar-refractivity contribution is 6.23. The molecule has 0 N–H and O–H groups in total. The largest absolute Gasteiger partial charge is 0.456 e. The molecule has 2 nitrogen and oxygen atoms in total. The number of para-hydroxylation sites is 1. The number of hydrogen-bond donors (Lipinski definition) is 0. The van der Waals surface area contributed by atoms with Crippen molar-refractivity contribution in [3.05, 3.63) is 83.9 Å². The van der Waals surface area contributed by atoms with E-state index in [4.69, 9.17) is 8.83 Å². The summed E-state index contributed by atoms with van der Waals surface area (Å²) in [5.41, 5.74) is 8.46. The molecule has 28 heavy (non-hydrogen) atoms. The van der Waals surface area contributed by atoms with Crippen LogP contribution in [0, 0.1) is 13.8 Å². The van der Waals surface area contributed by atoms with Crippen LogP contribution in [0.1, 0.15) is 11.1 Å². The van der Waals surface area contributed by atoms with Crippen LogP contribution >= 0.6 is 0 Å². The van der Waals surface area contributed by atoms with Crippen LogP contribution in [-0.2, 0) is 0 Å². The quantitative estimate of drug-likeness (QED) is 0.299. The Bertz CT molecular complexity index is 1530. The fourth-order valence-electron chi connectivity index (χ4n) is 4.39. The molecule has 0 amide bonds. The molecule has 4 aromatic carbocycles. The molecule has 2 aromatic heterocycles. The number of rotatable bonds is 1. The molecular weight excluding hydrogens is 344 g/mol. The van der Waals surface area contributed by atoms with Crippen LogP contribution in [0.3, 0.4) is 0 Å². The zero-order valence-electron chi connectivity index (χ0n) is 15.7. The van der Waals surface area contributed by atoms with E-state index < -0.39 is 0 Å². The normalized spacial score (nSPS) is 11.9. The van der Waals surface area contributed by atoms with E-state index in [9.17, 15) is 0 Å². The zero-order valence-corrected chi connectivity index (χ0v) is 15.7. The van der Waals surface area contributed by atoms with Gasteiger partial charge in [0, 0.05) is 21.7 Å². The molecule has 6 rings (SSSR count). The minimum Gasteiger partial charge on any atom is -0.456 e. The lowest BCUT2D eigenvalue weighted by Crippen LogP contribution is -1.87. The Balaban J connectivity index is 1.82. The monoisotopic (exact) mass is 362 g/mol. The van der Waals surface area contributed by atoms with E-state index in [-0.39, 0.29) is 0 Å². The van der Waals surface area contributed by atoms with Gasteiger partial charge in [-0.1, -0.05) is 54.6 Å². The maximum absolute atomic E-state index is 6.59. The van der Waals surface area contributed by atoms with Crippen molar-refractivity contribution in [1.82, 2.24) is 0 Å². The number of hydrogen-bond acceptors (Lipinski definition) is 2. The fourth-order valence-corrected chi connectivity index (χ4v) is 4.39. The van der Waals surface area contributed by atoms with Crippen LogP contribution in [-0.4, -0.2) is 0 Å². The topological polar surface area (TPSA) is 26.3 Å². The Labute approximate surface area is 162 Å². The Kier molecular flexibility index (Phi) is 3.05. The summed E-state index contributed by atoms with van der Waals surface area (Å²) in [4.78, 5) is 0. The van der Waals surface area contributed by atoms with Gasteiger partial charge in [-0.3, -0.25) is 0 Å². The summed E-state index contributed by atoms with van der Waals surface area (Å²) in [7, 11) is 0. The van der Waals surface area contributed by atoms with Gasteiger partial charge in [0.05, 0.1) is 5.39 Å². The summed E-state index contributed by atoms with van der Waals surface area (Å²) in [6.45, 7) is 4.30. The zero-order chi connectivity index (χ0) is 18.8. The van der Waals surface area contributed by atoms with Gasteiger partial charge in [0.25, 0.3) is 0 Å². The predicted octanol–water partition coefficient (Wildman–Crippen LogP) is 7.77. The first-order valence-electron chi connectivity index (χ1n) is 9.54. The molecule has 0 aliphatic rings. The van der Waals surface area contributed by atoms with Gasteiger partial charge in [-0.2, -0.15) is 0 Å². The van der Waals surface area contributed by atoms with Crippen molar-refractivity contribution >= 4 is 43.9 Å². The highest BCUT2D eigenvalue weighted by Gasteiger charge is 2.19. The lowest BCUT2D eigenvalue weighted by atomic mass is 9.94. The van der Waals surface area contributed by atoms with Crippen molar-refractivity contribution in [2.75, 3.05) is 0 Å². The molecule has 0 radical (unpaired) electrons. The second kappa shape index (κ2) is 5.49. The molecular formula is C26H18O2. The molecule has 134 valence electrons. The smallest absolute Gasteiger partial charge is 0.147 e. The summed E-state index contributed by atoms with van der Waals surface area (Å²) in [5.74, 6) is 0. The number of aryl methyl sites for hydroxylation is 2. The lowest BCUT2D eigenvalue weighted by molar-refractivity contribution is 0.663. The average Bonchev–Trinajstić information content (AvgIpc) is 3.26. The molecule has 2 heterocycles. The maximum Gasteiger partial charge on any atom is 0.147 e. The molecule has 2 heteroatoms. The molecule has 0 unspecified atom stereocenters. The third kappa shape index (κ3) is 1.97. The van der Waals surface area contributed by atoms with Gasteiger partial charge in [0.2, 0.25) is 0 Å². The Hall–Kier alpha value is -3.52. The first-order chi connectivity index (χ1) is 13.7. The number of furan rings is 2. The van der Waals surface area contributed by atoms with Crippen molar-refractivity contribution in [1.29, 1.82) is 0 Å². The Morgan fingerprint density at radius 3 is 2.18 bits per heavy atom. The predicted molar refractivity (Wildman–Crippen MR) is 116 cm³/mol. The number of benzene rings is 4. The van der Waals surface area contributed by atoms with Gasteiger partial charge in [-0.05, 0) is 48.7 Å². The molecule has 0 fully saturated rings. The van der Waals surface area contributed by atoms with Crippen molar-refractivity contribution in [3.8, 4) is 11.1 Å². The van der Waals surface area contributed by atoms with Gasteiger partial charge in [-0.15, -0.1) is 0 Å².